The fraction of sp³-hybridized carbons (Fsp3) is 0.600. The van der Waals surface area contributed by atoms with Gasteiger partial charge in [-0.15, -0.1) is 0 Å². The number of hydrogen-bond donors (Lipinski definition) is 0. The highest BCUT2D eigenvalue weighted by atomic mass is 32.2. The van der Waals surface area contributed by atoms with Crippen LogP contribution in [0.3, 0.4) is 0 Å². The number of hydrogen-bond acceptors (Lipinski definition) is 6. The molecule has 8 nitrogen and oxygen atoms in total. The first kappa shape index (κ1) is 23.0. The van der Waals surface area contributed by atoms with E-state index in [9.17, 15) is 21.6 Å². The highest BCUT2D eigenvalue weighted by Gasteiger charge is 2.34. The lowest BCUT2D eigenvalue weighted by molar-refractivity contribution is -0.137. The summed E-state index contributed by atoms with van der Waals surface area (Å²) in [5, 5.41) is 0.0771. The molecule has 0 spiro atoms. The number of aryl methyl sites for hydroxylation is 1. The lowest BCUT2D eigenvalue weighted by Crippen LogP contribution is -2.50. The molecule has 2 aromatic rings. The van der Waals surface area contributed by atoms with Crippen LogP contribution in [0.2, 0.25) is 0 Å². The molecule has 2 aliphatic heterocycles. The number of piperidine rings is 2. The number of nitrogens with zero attached hydrogens (tertiary/aromatic N) is 5. The van der Waals surface area contributed by atoms with Gasteiger partial charge >= 0.3 is 6.18 Å². The number of imidazole rings is 1. The Morgan fingerprint density at radius 1 is 1.03 bits per heavy atom. The second kappa shape index (κ2) is 8.99. The second-order valence-electron chi connectivity index (χ2n) is 8.25. The summed E-state index contributed by atoms with van der Waals surface area (Å²) in [5.74, 6) is 0.199. The third-order valence-electron chi connectivity index (χ3n) is 6.05. The number of halogens is 3. The molecule has 0 atom stereocenters. The summed E-state index contributed by atoms with van der Waals surface area (Å²) >= 11 is 0. The smallest absolute Gasteiger partial charge is 0.417 e. The van der Waals surface area contributed by atoms with E-state index in [2.05, 4.69) is 14.9 Å². The Morgan fingerprint density at radius 3 is 2.25 bits per heavy atom. The minimum Gasteiger partial charge on any atom is -0.474 e. The maximum atomic E-state index is 12.7. The van der Waals surface area contributed by atoms with Gasteiger partial charge in [0.1, 0.15) is 6.10 Å². The van der Waals surface area contributed by atoms with Crippen molar-refractivity contribution in [3.05, 3.63) is 36.4 Å². The molecule has 0 unspecified atom stereocenters. The van der Waals surface area contributed by atoms with Crippen LogP contribution in [0.4, 0.5) is 13.2 Å². The molecule has 0 bridgehead atoms. The van der Waals surface area contributed by atoms with Crippen LogP contribution in [-0.2, 0) is 23.2 Å². The predicted molar refractivity (Wildman–Crippen MR) is 109 cm³/mol. The highest BCUT2D eigenvalue weighted by molar-refractivity contribution is 7.89. The van der Waals surface area contributed by atoms with Crippen molar-refractivity contribution in [3.63, 3.8) is 0 Å². The van der Waals surface area contributed by atoms with Gasteiger partial charge in [-0.1, -0.05) is 0 Å². The number of sulfonamides is 1. The fourth-order valence-corrected chi connectivity index (χ4v) is 5.69. The zero-order chi connectivity index (χ0) is 22.9. The average molecular weight is 474 g/mol. The molecule has 2 fully saturated rings. The van der Waals surface area contributed by atoms with E-state index in [-0.39, 0.29) is 17.0 Å². The predicted octanol–water partition coefficient (Wildman–Crippen LogP) is 2.53. The first-order valence-electron chi connectivity index (χ1n) is 10.5. The van der Waals surface area contributed by atoms with Gasteiger partial charge in [-0.3, -0.25) is 0 Å². The summed E-state index contributed by atoms with van der Waals surface area (Å²) in [6, 6.07) is 2.53. The van der Waals surface area contributed by atoms with Crippen molar-refractivity contribution in [2.45, 2.75) is 49.0 Å². The average Bonchev–Trinajstić information content (AvgIpc) is 3.21. The fourth-order valence-electron chi connectivity index (χ4n) is 4.25. The van der Waals surface area contributed by atoms with Gasteiger partial charge in [0.05, 0.1) is 11.9 Å². The molecule has 0 radical (unpaired) electrons. The number of likely N-dealkylation sites (tertiary alicyclic amines) is 1. The van der Waals surface area contributed by atoms with Crippen molar-refractivity contribution < 1.29 is 26.3 Å². The number of ether oxygens (including phenoxy) is 1. The van der Waals surface area contributed by atoms with Crippen molar-refractivity contribution in [2.24, 2.45) is 7.05 Å². The molecular formula is C20H26F3N5O3S. The van der Waals surface area contributed by atoms with Crippen LogP contribution in [0.5, 0.6) is 5.88 Å². The maximum Gasteiger partial charge on any atom is 0.417 e. The zero-order valence-electron chi connectivity index (χ0n) is 17.7. The molecule has 0 amide bonds. The summed E-state index contributed by atoms with van der Waals surface area (Å²) in [6.07, 6.45) is 2.25. The van der Waals surface area contributed by atoms with Gasteiger partial charge < -0.3 is 14.2 Å². The molecule has 32 heavy (non-hydrogen) atoms. The minimum absolute atomic E-state index is 0.0771. The Morgan fingerprint density at radius 2 is 1.72 bits per heavy atom. The van der Waals surface area contributed by atoms with Gasteiger partial charge in [-0.05, 0) is 31.7 Å². The van der Waals surface area contributed by atoms with Crippen molar-refractivity contribution >= 4 is 10.0 Å². The molecule has 2 saturated heterocycles. The first-order chi connectivity index (χ1) is 15.1. The van der Waals surface area contributed by atoms with E-state index < -0.39 is 21.8 Å². The van der Waals surface area contributed by atoms with E-state index in [1.54, 1.807) is 11.6 Å². The number of rotatable bonds is 5. The standard InChI is InChI=1S/C20H26F3N5O3S/c1-26-13-19(25-14-26)32(29,30)28-10-4-16(5-11-28)27-8-6-17(7-9-27)31-18-3-2-15(12-24-18)20(21,22)23/h2-3,12-14,16-17H,4-11H2,1H3. The molecule has 0 saturated carbocycles. The Labute approximate surface area is 185 Å². The number of aromatic nitrogens is 3. The number of pyridine rings is 1. The van der Waals surface area contributed by atoms with E-state index in [1.807, 2.05) is 0 Å². The van der Waals surface area contributed by atoms with Gasteiger partial charge in [-0.2, -0.15) is 17.5 Å². The third kappa shape index (κ3) is 5.07. The molecule has 2 aromatic heterocycles. The Hall–Kier alpha value is -2.18. The molecular weight excluding hydrogens is 447 g/mol. The van der Waals surface area contributed by atoms with Crippen LogP contribution in [0.25, 0.3) is 0 Å². The molecule has 4 rings (SSSR count). The summed E-state index contributed by atoms with van der Waals surface area (Å²) < 4.78 is 72.3. The van der Waals surface area contributed by atoms with Crippen LogP contribution in [0, 0.1) is 0 Å². The first-order valence-corrected chi connectivity index (χ1v) is 12.0. The Balaban J connectivity index is 1.25. The van der Waals surface area contributed by atoms with Crippen molar-refractivity contribution in [3.8, 4) is 5.88 Å². The molecule has 2 aliphatic rings. The SMILES string of the molecule is Cn1cnc(S(=O)(=O)N2CCC(N3CCC(Oc4ccc(C(F)(F)F)cn4)CC3)CC2)c1. The molecule has 4 heterocycles. The van der Waals surface area contributed by atoms with E-state index in [1.165, 1.54) is 22.9 Å². The van der Waals surface area contributed by atoms with Gasteiger partial charge in [-0.25, -0.2) is 18.4 Å². The summed E-state index contributed by atoms with van der Waals surface area (Å²) in [5.41, 5.74) is -0.795. The molecule has 176 valence electrons. The van der Waals surface area contributed by atoms with Crippen LogP contribution >= 0.6 is 0 Å². The van der Waals surface area contributed by atoms with Crippen LogP contribution in [0.1, 0.15) is 31.2 Å². The third-order valence-corrected chi connectivity index (χ3v) is 7.84. The molecule has 0 aromatic carbocycles. The van der Waals surface area contributed by atoms with Crippen molar-refractivity contribution in [2.75, 3.05) is 26.2 Å². The number of alkyl halides is 3. The maximum absolute atomic E-state index is 12.7. The quantitative estimate of drug-likeness (QED) is 0.664. The van der Waals surface area contributed by atoms with Gasteiger partial charge in [0.15, 0.2) is 5.03 Å². The topological polar surface area (TPSA) is 80.6 Å². The Bertz CT molecular complexity index is 1010. The lowest BCUT2D eigenvalue weighted by atomic mass is 10.00. The van der Waals surface area contributed by atoms with Crippen LogP contribution < -0.4 is 4.74 Å². The van der Waals surface area contributed by atoms with Gasteiger partial charge in [0.2, 0.25) is 5.88 Å². The molecule has 0 N–H and O–H groups in total. The van der Waals surface area contributed by atoms with Crippen LogP contribution in [-0.4, -0.2) is 70.5 Å². The summed E-state index contributed by atoms with van der Waals surface area (Å²) in [6.45, 7) is 2.50. The second-order valence-corrected chi connectivity index (χ2v) is 10.1. The van der Waals surface area contributed by atoms with Crippen molar-refractivity contribution in [1.29, 1.82) is 0 Å². The highest BCUT2D eigenvalue weighted by Crippen LogP contribution is 2.30. The van der Waals surface area contributed by atoms with Gasteiger partial charge in [0, 0.05) is 57.7 Å². The van der Waals surface area contributed by atoms with Crippen LogP contribution in [0.15, 0.2) is 35.9 Å². The Kier molecular flexibility index (Phi) is 6.46. The van der Waals surface area contributed by atoms with Gasteiger partial charge in [0.25, 0.3) is 10.0 Å². The normalized spacial score (nSPS) is 20.5. The van der Waals surface area contributed by atoms with Crippen molar-refractivity contribution in [1.82, 2.24) is 23.7 Å². The minimum atomic E-state index is -4.41. The zero-order valence-corrected chi connectivity index (χ0v) is 18.5. The summed E-state index contributed by atoms with van der Waals surface area (Å²) in [7, 11) is -1.83. The van der Waals surface area contributed by atoms with E-state index >= 15 is 0 Å². The lowest BCUT2D eigenvalue weighted by Gasteiger charge is -2.41. The van der Waals surface area contributed by atoms with E-state index in [4.69, 9.17) is 4.74 Å². The van der Waals surface area contributed by atoms with E-state index in [0.29, 0.717) is 19.1 Å². The largest absolute Gasteiger partial charge is 0.474 e. The monoisotopic (exact) mass is 473 g/mol. The summed E-state index contributed by atoms with van der Waals surface area (Å²) in [4.78, 5) is 10.1. The van der Waals surface area contributed by atoms with E-state index in [0.717, 1.165) is 51.0 Å². The molecule has 0 aliphatic carbocycles. The molecule has 12 heteroatoms.